The van der Waals surface area contributed by atoms with E-state index >= 15 is 0 Å². The summed E-state index contributed by atoms with van der Waals surface area (Å²) in [6.45, 7) is 0.477. The number of benzene rings is 2. The average Bonchev–Trinajstić information content (AvgIpc) is 2.46. The maximum absolute atomic E-state index is 10.6. The Balaban J connectivity index is 2.03. The number of aliphatic hydroxyl groups is 1. The number of aliphatic hydroxyl groups excluding tert-OH is 1. The highest BCUT2D eigenvalue weighted by atomic mass is 79.9. The number of rotatable bonds is 5. The van der Waals surface area contributed by atoms with Gasteiger partial charge in [-0.15, -0.1) is 0 Å². The Morgan fingerprint density at radius 3 is 2.37 bits per heavy atom. The molecule has 0 saturated heterocycles. The second kappa shape index (κ2) is 6.50. The largest absolute Gasteiger partial charge is 0.488 e. The molecule has 2 aromatic carbocycles. The van der Waals surface area contributed by atoms with E-state index in [1.165, 1.54) is 0 Å². The summed E-state index contributed by atoms with van der Waals surface area (Å²) in [4.78, 5) is 10.6. The molecule has 0 aliphatic heterocycles. The Morgan fingerprint density at radius 2 is 1.79 bits per heavy atom. The molecule has 0 amide bonds. The summed E-state index contributed by atoms with van der Waals surface area (Å²) in [6, 6.07) is 12.8. The Kier molecular flexibility index (Phi) is 4.71. The molecule has 0 unspecified atom stereocenters. The van der Waals surface area contributed by atoms with Crippen molar-refractivity contribution in [3.8, 4) is 5.75 Å². The lowest BCUT2D eigenvalue weighted by atomic mass is 10.1. The number of aldehydes is 1. The van der Waals surface area contributed by atoms with Gasteiger partial charge in [0.25, 0.3) is 0 Å². The van der Waals surface area contributed by atoms with Crippen LogP contribution in [0.5, 0.6) is 5.75 Å². The smallest absolute Gasteiger partial charge is 0.150 e. The molecule has 0 saturated carbocycles. The molecule has 2 aromatic rings. The molecule has 0 aliphatic carbocycles. The van der Waals surface area contributed by atoms with Gasteiger partial charge in [0.05, 0.1) is 11.1 Å². The Hall–Kier alpha value is -1.65. The van der Waals surface area contributed by atoms with Crippen LogP contribution < -0.4 is 4.74 Å². The molecule has 0 radical (unpaired) electrons. The topological polar surface area (TPSA) is 46.5 Å². The van der Waals surface area contributed by atoms with Gasteiger partial charge in [-0.05, 0) is 45.3 Å². The van der Waals surface area contributed by atoms with Crippen LogP contribution in [0.1, 0.15) is 21.5 Å². The molecule has 1 N–H and O–H groups in total. The molecule has 0 fully saturated rings. The van der Waals surface area contributed by atoms with Crippen LogP contribution in [0.4, 0.5) is 0 Å². The van der Waals surface area contributed by atoms with Crippen molar-refractivity contribution < 1.29 is 14.6 Å². The molecule has 19 heavy (non-hydrogen) atoms. The van der Waals surface area contributed by atoms with Crippen LogP contribution in [-0.2, 0) is 13.2 Å². The normalized spacial score (nSPS) is 10.2. The van der Waals surface area contributed by atoms with E-state index in [2.05, 4.69) is 15.9 Å². The van der Waals surface area contributed by atoms with Crippen LogP contribution in [0, 0.1) is 0 Å². The zero-order valence-electron chi connectivity index (χ0n) is 10.2. The third kappa shape index (κ3) is 3.66. The first-order valence-electron chi connectivity index (χ1n) is 5.79. The van der Waals surface area contributed by atoms with Gasteiger partial charge >= 0.3 is 0 Å². The second-order valence-corrected chi connectivity index (χ2v) is 4.93. The zero-order chi connectivity index (χ0) is 13.7. The minimum atomic E-state index is 0.0415. The average molecular weight is 321 g/mol. The van der Waals surface area contributed by atoms with Crippen molar-refractivity contribution >= 4 is 22.2 Å². The predicted molar refractivity (Wildman–Crippen MR) is 76.2 cm³/mol. The van der Waals surface area contributed by atoms with Crippen molar-refractivity contribution in [1.82, 2.24) is 0 Å². The predicted octanol–water partition coefficient (Wildman–Crippen LogP) is 3.33. The van der Waals surface area contributed by atoms with Gasteiger partial charge in [-0.2, -0.15) is 0 Å². The van der Waals surface area contributed by atoms with Crippen molar-refractivity contribution in [3.63, 3.8) is 0 Å². The van der Waals surface area contributed by atoms with Gasteiger partial charge in [0.1, 0.15) is 18.6 Å². The van der Waals surface area contributed by atoms with E-state index in [1.54, 1.807) is 18.2 Å². The van der Waals surface area contributed by atoms with E-state index in [4.69, 9.17) is 9.84 Å². The molecule has 0 spiro atoms. The van der Waals surface area contributed by atoms with Gasteiger partial charge in [-0.1, -0.05) is 24.3 Å². The van der Waals surface area contributed by atoms with E-state index in [1.807, 2.05) is 24.3 Å². The summed E-state index contributed by atoms with van der Waals surface area (Å²) in [7, 11) is 0. The minimum Gasteiger partial charge on any atom is -0.488 e. The van der Waals surface area contributed by atoms with E-state index < -0.39 is 0 Å². The summed E-state index contributed by atoms with van der Waals surface area (Å²) in [5, 5.41) is 8.96. The molecule has 98 valence electrons. The van der Waals surface area contributed by atoms with Gasteiger partial charge in [0.15, 0.2) is 0 Å². The van der Waals surface area contributed by atoms with Gasteiger partial charge < -0.3 is 9.84 Å². The fourth-order valence-corrected chi connectivity index (χ4v) is 2.12. The summed E-state index contributed by atoms with van der Waals surface area (Å²) >= 11 is 3.37. The fourth-order valence-electron chi connectivity index (χ4n) is 1.61. The highest BCUT2D eigenvalue weighted by Crippen LogP contribution is 2.26. The molecule has 4 heteroatoms. The number of hydrogen-bond acceptors (Lipinski definition) is 3. The summed E-state index contributed by atoms with van der Waals surface area (Å²) in [5.41, 5.74) is 2.50. The zero-order valence-corrected chi connectivity index (χ0v) is 11.8. The molecule has 0 heterocycles. The first kappa shape index (κ1) is 13.8. The standard InChI is InChI=1S/C15H13BrO3/c16-14-7-13(9-18)5-6-15(14)19-10-12-3-1-11(8-17)2-4-12/h1-7,9,17H,8,10H2. The molecule has 2 rings (SSSR count). The van der Waals surface area contributed by atoms with Crippen LogP contribution in [-0.4, -0.2) is 11.4 Å². The molecule has 0 atom stereocenters. The van der Waals surface area contributed by atoms with Gasteiger partial charge in [0, 0.05) is 5.56 Å². The molecule has 0 bridgehead atoms. The Bertz CT molecular complexity index is 564. The number of hydrogen-bond donors (Lipinski definition) is 1. The molecule has 0 aromatic heterocycles. The first-order valence-corrected chi connectivity index (χ1v) is 6.58. The van der Waals surface area contributed by atoms with Crippen molar-refractivity contribution in [2.75, 3.05) is 0 Å². The fraction of sp³-hybridized carbons (Fsp3) is 0.133. The van der Waals surface area contributed by atoms with Crippen LogP contribution >= 0.6 is 15.9 Å². The third-order valence-electron chi connectivity index (χ3n) is 2.69. The SMILES string of the molecule is O=Cc1ccc(OCc2ccc(CO)cc2)c(Br)c1. The first-order chi connectivity index (χ1) is 9.22. The van der Waals surface area contributed by atoms with Crippen LogP contribution in [0.2, 0.25) is 0 Å². The Morgan fingerprint density at radius 1 is 1.11 bits per heavy atom. The number of halogens is 1. The maximum Gasteiger partial charge on any atom is 0.150 e. The van der Waals surface area contributed by atoms with Crippen LogP contribution in [0.25, 0.3) is 0 Å². The maximum atomic E-state index is 10.6. The second-order valence-electron chi connectivity index (χ2n) is 4.07. The number of ether oxygens (including phenoxy) is 1. The molecule has 0 aliphatic rings. The van der Waals surface area contributed by atoms with Crippen LogP contribution in [0.15, 0.2) is 46.9 Å². The summed E-state index contributed by atoms with van der Waals surface area (Å²) in [5.74, 6) is 0.692. The van der Waals surface area contributed by atoms with Gasteiger partial charge in [0.2, 0.25) is 0 Å². The van der Waals surface area contributed by atoms with E-state index in [0.29, 0.717) is 17.9 Å². The monoisotopic (exact) mass is 320 g/mol. The lowest BCUT2D eigenvalue weighted by Gasteiger charge is -2.09. The van der Waals surface area contributed by atoms with Crippen molar-refractivity contribution in [3.05, 3.63) is 63.6 Å². The molecule has 3 nitrogen and oxygen atoms in total. The number of carbonyl (C=O) groups is 1. The third-order valence-corrected chi connectivity index (χ3v) is 3.31. The van der Waals surface area contributed by atoms with E-state index in [0.717, 1.165) is 21.9 Å². The Labute approximate surface area is 120 Å². The number of carbonyl (C=O) groups excluding carboxylic acids is 1. The quantitative estimate of drug-likeness (QED) is 0.859. The molecular weight excluding hydrogens is 308 g/mol. The van der Waals surface area contributed by atoms with Gasteiger partial charge in [-0.3, -0.25) is 4.79 Å². The van der Waals surface area contributed by atoms with E-state index in [-0.39, 0.29) is 6.61 Å². The van der Waals surface area contributed by atoms with Gasteiger partial charge in [-0.25, -0.2) is 0 Å². The lowest BCUT2D eigenvalue weighted by Crippen LogP contribution is -1.97. The lowest BCUT2D eigenvalue weighted by molar-refractivity contribution is 0.112. The molecular formula is C15H13BrO3. The van der Waals surface area contributed by atoms with E-state index in [9.17, 15) is 4.79 Å². The summed E-state index contributed by atoms with van der Waals surface area (Å²) in [6.07, 6.45) is 0.794. The summed E-state index contributed by atoms with van der Waals surface area (Å²) < 4.78 is 6.42. The van der Waals surface area contributed by atoms with Crippen molar-refractivity contribution in [2.45, 2.75) is 13.2 Å². The highest BCUT2D eigenvalue weighted by molar-refractivity contribution is 9.10. The van der Waals surface area contributed by atoms with Crippen molar-refractivity contribution in [1.29, 1.82) is 0 Å². The van der Waals surface area contributed by atoms with Crippen LogP contribution in [0.3, 0.4) is 0 Å². The highest BCUT2D eigenvalue weighted by Gasteiger charge is 2.03. The minimum absolute atomic E-state index is 0.0415. The van der Waals surface area contributed by atoms with Crippen molar-refractivity contribution in [2.24, 2.45) is 0 Å².